The lowest BCUT2D eigenvalue weighted by Gasteiger charge is -2.24. The largest absolute Gasteiger partial charge is 0.331 e. The predicted molar refractivity (Wildman–Crippen MR) is 121 cm³/mol. The molecular weight excluding hydrogens is 406 g/mol. The Labute approximate surface area is 187 Å². The Kier molecular flexibility index (Phi) is 6.89. The number of carbonyl (C=O) groups is 1. The number of amides is 1. The van der Waals surface area contributed by atoms with E-state index in [0.29, 0.717) is 11.1 Å². The summed E-state index contributed by atoms with van der Waals surface area (Å²) in [5.41, 5.74) is 3.52. The predicted octanol–water partition coefficient (Wildman–Crippen LogP) is 2.57. The molecule has 2 aliphatic heterocycles. The lowest BCUT2D eigenvalue weighted by Crippen LogP contribution is -2.42. The van der Waals surface area contributed by atoms with Crippen LogP contribution in [0.4, 0.5) is 0 Å². The third-order valence-corrected chi connectivity index (χ3v) is 6.86. The van der Waals surface area contributed by atoms with Crippen molar-refractivity contribution in [3.63, 3.8) is 0 Å². The summed E-state index contributed by atoms with van der Waals surface area (Å²) in [6.07, 6.45) is 1.52. The Morgan fingerprint density at radius 3 is 2.42 bits per heavy atom. The number of nitrogens with zero attached hydrogens (tertiary/aromatic N) is 3. The van der Waals surface area contributed by atoms with Crippen molar-refractivity contribution in [2.75, 3.05) is 24.7 Å². The van der Waals surface area contributed by atoms with Crippen LogP contribution in [-0.4, -0.2) is 47.6 Å². The van der Waals surface area contributed by atoms with E-state index in [1.165, 1.54) is 0 Å². The first-order valence-electron chi connectivity index (χ1n) is 10.5. The molecule has 7 heteroatoms. The Hall–Kier alpha value is -2.84. The fourth-order valence-corrected chi connectivity index (χ4v) is 5.11. The summed E-state index contributed by atoms with van der Waals surface area (Å²) in [7, 11) is 0. The van der Waals surface area contributed by atoms with Gasteiger partial charge in [0.15, 0.2) is 0 Å². The second-order valence-electron chi connectivity index (χ2n) is 8.00. The number of nitrogens with one attached hydrogen (secondary N) is 2. The van der Waals surface area contributed by atoms with Gasteiger partial charge in [-0.15, -0.1) is 11.8 Å². The molecule has 2 aromatic rings. The zero-order valence-electron chi connectivity index (χ0n) is 17.3. The minimum Gasteiger partial charge on any atom is -0.331 e. The molecule has 2 N–H and O–H groups in total. The van der Waals surface area contributed by atoms with Crippen LogP contribution in [0.2, 0.25) is 0 Å². The maximum absolute atomic E-state index is 12.7. The second kappa shape index (κ2) is 9.98. The molecule has 2 aromatic carbocycles. The molecule has 2 aliphatic rings. The second-order valence-corrected chi connectivity index (χ2v) is 9.07. The number of hydrogen-bond acceptors (Lipinski definition) is 6. The number of carbonyl (C=O) groups excluding carboxylic acids is 1. The van der Waals surface area contributed by atoms with Crippen LogP contribution < -0.4 is 10.6 Å². The summed E-state index contributed by atoms with van der Waals surface area (Å²) in [4.78, 5) is 14.7. The number of thioether (sulfide) groups is 1. The highest BCUT2D eigenvalue weighted by Gasteiger charge is 2.34. The molecule has 1 amide bonds. The van der Waals surface area contributed by atoms with Crippen molar-refractivity contribution in [2.24, 2.45) is 0 Å². The summed E-state index contributed by atoms with van der Waals surface area (Å²) in [5.74, 6) is 2.02. The van der Waals surface area contributed by atoms with Gasteiger partial charge in [-0.1, -0.05) is 24.3 Å². The van der Waals surface area contributed by atoms with Gasteiger partial charge in [0.25, 0.3) is 0 Å². The maximum Gasteiger partial charge on any atom is 0.240 e. The highest BCUT2D eigenvalue weighted by atomic mass is 32.2. The van der Waals surface area contributed by atoms with Crippen molar-refractivity contribution in [3.8, 4) is 12.1 Å². The van der Waals surface area contributed by atoms with E-state index >= 15 is 0 Å². The molecule has 0 aliphatic carbocycles. The first-order valence-corrected chi connectivity index (χ1v) is 11.7. The zero-order chi connectivity index (χ0) is 21.6. The van der Waals surface area contributed by atoms with Gasteiger partial charge >= 0.3 is 0 Å². The first-order chi connectivity index (χ1) is 15.2. The van der Waals surface area contributed by atoms with Gasteiger partial charge in [-0.2, -0.15) is 10.5 Å². The van der Waals surface area contributed by atoms with Crippen LogP contribution in [0.15, 0.2) is 48.5 Å². The molecule has 3 atom stereocenters. The Bertz CT molecular complexity index is 987. The number of benzene rings is 2. The fourth-order valence-electron chi connectivity index (χ4n) is 4.16. The van der Waals surface area contributed by atoms with E-state index in [4.69, 9.17) is 10.5 Å². The van der Waals surface area contributed by atoms with Gasteiger partial charge in [0, 0.05) is 30.9 Å². The summed E-state index contributed by atoms with van der Waals surface area (Å²) in [6.45, 7) is 1.59. The molecule has 3 unspecified atom stereocenters. The minimum atomic E-state index is -0.132. The molecule has 0 saturated carbocycles. The van der Waals surface area contributed by atoms with Gasteiger partial charge < -0.3 is 15.5 Å². The Morgan fingerprint density at radius 2 is 1.81 bits per heavy atom. The standard InChI is InChI=1S/C24H25N5OS/c25-13-18-3-1-17(2-4-18)11-22(20-7-5-19(14-26)6-8-20)28-21-12-23(27-15-21)24(30)29-9-10-31-16-29/h1-8,21-23,27-28H,9-12,15-16H2. The maximum atomic E-state index is 12.7. The molecule has 158 valence electrons. The smallest absolute Gasteiger partial charge is 0.240 e. The molecular formula is C24H25N5OS. The van der Waals surface area contributed by atoms with Gasteiger partial charge in [0.1, 0.15) is 0 Å². The van der Waals surface area contributed by atoms with Crippen molar-refractivity contribution in [3.05, 3.63) is 70.8 Å². The first kappa shape index (κ1) is 21.4. The van der Waals surface area contributed by atoms with E-state index in [0.717, 1.165) is 48.7 Å². The van der Waals surface area contributed by atoms with Gasteiger partial charge in [-0.05, 0) is 48.2 Å². The van der Waals surface area contributed by atoms with Crippen LogP contribution in [0.3, 0.4) is 0 Å². The van der Waals surface area contributed by atoms with Gasteiger partial charge in [0.2, 0.25) is 5.91 Å². The third kappa shape index (κ3) is 5.26. The summed E-state index contributed by atoms with van der Waals surface area (Å²) >= 11 is 1.80. The zero-order valence-corrected chi connectivity index (χ0v) is 18.1. The monoisotopic (exact) mass is 431 g/mol. The van der Waals surface area contributed by atoms with Crippen molar-refractivity contribution >= 4 is 17.7 Å². The van der Waals surface area contributed by atoms with Crippen LogP contribution in [0.5, 0.6) is 0 Å². The number of rotatable bonds is 6. The summed E-state index contributed by atoms with van der Waals surface area (Å²) in [6, 6.07) is 19.7. The van der Waals surface area contributed by atoms with E-state index < -0.39 is 0 Å². The Balaban J connectivity index is 1.46. The normalized spacial score (nSPS) is 21.4. The lowest BCUT2D eigenvalue weighted by molar-refractivity contribution is -0.131. The van der Waals surface area contributed by atoms with E-state index in [1.807, 2.05) is 53.4 Å². The van der Waals surface area contributed by atoms with Crippen molar-refractivity contribution in [2.45, 2.75) is 31.0 Å². The van der Waals surface area contributed by atoms with Gasteiger partial charge in [-0.3, -0.25) is 4.79 Å². The average Bonchev–Trinajstić information content (AvgIpc) is 3.51. The van der Waals surface area contributed by atoms with Crippen LogP contribution in [-0.2, 0) is 11.2 Å². The molecule has 0 radical (unpaired) electrons. The number of hydrogen-bond donors (Lipinski definition) is 2. The quantitative estimate of drug-likeness (QED) is 0.730. The third-order valence-electron chi connectivity index (χ3n) is 5.90. The number of nitriles is 2. The van der Waals surface area contributed by atoms with Crippen molar-refractivity contribution in [1.82, 2.24) is 15.5 Å². The van der Waals surface area contributed by atoms with E-state index in [9.17, 15) is 4.79 Å². The molecule has 6 nitrogen and oxygen atoms in total. The molecule has 2 fully saturated rings. The Morgan fingerprint density at radius 1 is 1.13 bits per heavy atom. The van der Waals surface area contributed by atoms with Crippen molar-refractivity contribution in [1.29, 1.82) is 10.5 Å². The summed E-state index contributed by atoms with van der Waals surface area (Å²) in [5, 5.41) is 25.3. The van der Waals surface area contributed by atoms with Gasteiger partial charge in [-0.25, -0.2) is 0 Å². The molecule has 31 heavy (non-hydrogen) atoms. The van der Waals surface area contributed by atoms with Crippen LogP contribution >= 0.6 is 11.8 Å². The molecule has 2 saturated heterocycles. The lowest BCUT2D eigenvalue weighted by atomic mass is 9.96. The molecule has 0 aromatic heterocycles. The van der Waals surface area contributed by atoms with Crippen LogP contribution in [0, 0.1) is 22.7 Å². The topological polar surface area (TPSA) is 91.9 Å². The van der Waals surface area contributed by atoms with Crippen LogP contribution in [0.25, 0.3) is 0 Å². The van der Waals surface area contributed by atoms with Gasteiger partial charge in [0.05, 0.1) is 35.2 Å². The fraction of sp³-hybridized carbons (Fsp3) is 0.375. The highest BCUT2D eigenvalue weighted by molar-refractivity contribution is 7.99. The minimum absolute atomic E-state index is 0.0451. The van der Waals surface area contributed by atoms with E-state index in [2.05, 4.69) is 22.8 Å². The highest BCUT2D eigenvalue weighted by Crippen LogP contribution is 2.23. The molecule has 2 heterocycles. The summed E-state index contributed by atoms with van der Waals surface area (Å²) < 4.78 is 0. The van der Waals surface area contributed by atoms with E-state index in [-0.39, 0.29) is 24.0 Å². The SMILES string of the molecule is N#Cc1ccc(CC(NC2CNC(C(=O)N3CCSC3)C2)c2ccc(C#N)cc2)cc1. The van der Waals surface area contributed by atoms with E-state index in [1.54, 1.807) is 11.8 Å². The molecule has 0 bridgehead atoms. The average molecular weight is 432 g/mol. The van der Waals surface area contributed by atoms with Crippen molar-refractivity contribution < 1.29 is 4.79 Å². The molecule has 0 spiro atoms. The molecule has 4 rings (SSSR count). The van der Waals surface area contributed by atoms with Crippen LogP contribution in [0.1, 0.15) is 34.7 Å².